The lowest BCUT2D eigenvalue weighted by molar-refractivity contribution is -0.131. The topological polar surface area (TPSA) is 43.4 Å². The minimum atomic E-state index is -0.342. The highest BCUT2D eigenvalue weighted by molar-refractivity contribution is 5.99. The third-order valence-electron chi connectivity index (χ3n) is 6.63. The number of Topliss-reactive ketones (excluding diaryl/α,β-unsaturated/α-hetero) is 1. The van der Waals surface area contributed by atoms with Crippen LogP contribution < -0.4 is 4.74 Å². The molecule has 3 heteroatoms. The van der Waals surface area contributed by atoms with Gasteiger partial charge < -0.3 is 4.74 Å². The highest BCUT2D eigenvalue weighted by Crippen LogP contribution is 2.60. The van der Waals surface area contributed by atoms with Gasteiger partial charge in [-0.1, -0.05) is 19.4 Å². The predicted octanol–water partition coefficient (Wildman–Crippen LogP) is 4.50. The number of esters is 1. The molecule has 0 radical (unpaired) electrons. The van der Waals surface area contributed by atoms with Crippen LogP contribution in [0.4, 0.5) is 0 Å². The number of benzene rings is 1. The van der Waals surface area contributed by atoms with E-state index < -0.39 is 0 Å². The third kappa shape index (κ3) is 2.32. The molecule has 1 aromatic rings. The van der Waals surface area contributed by atoms with Gasteiger partial charge in [0.25, 0.3) is 0 Å². The average Bonchev–Trinajstić information content (AvgIpc) is 2.89. The maximum absolute atomic E-state index is 12.7. The highest BCUT2D eigenvalue weighted by Gasteiger charge is 2.51. The Labute approximate surface area is 137 Å². The molecule has 0 bridgehead atoms. The van der Waals surface area contributed by atoms with Crippen LogP contribution in [0.2, 0.25) is 0 Å². The van der Waals surface area contributed by atoms with Crippen LogP contribution in [-0.4, -0.2) is 11.8 Å². The summed E-state index contributed by atoms with van der Waals surface area (Å²) in [4.78, 5) is 23.9. The molecular formula is C20H24O3. The molecule has 0 heterocycles. The van der Waals surface area contributed by atoms with E-state index in [0.717, 1.165) is 5.56 Å². The van der Waals surface area contributed by atoms with Crippen LogP contribution in [-0.2, 0) is 4.79 Å². The van der Waals surface area contributed by atoms with Gasteiger partial charge in [0.1, 0.15) is 5.75 Å². The number of hydrogen-bond acceptors (Lipinski definition) is 3. The molecule has 4 rings (SSSR count). The summed E-state index contributed by atoms with van der Waals surface area (Å²) in [5.74, 6) is 2.09. The first kappa shape index (κ1) is 14.9. The lowest BCUT2D eigenvalue weighted by Crippen LogP contribution is -2.41. The van der Waals surface area contributed by atoms with E-state index >= 15 is 0 Å². The summed E-state index contributed by atoms with van der Waals surface area (Å²) < 4.78 is 5.16. The molecule has 0 aromatic heterocycles. The van der Waals surface area contributed by atoms with Crippen molar-refractivity contribution in [2.75, 3.05) is 0 Å². The number of fused-ring (bicyclic) bond motifs is 5. The Kier molecular flexibility index (Phi) is 3.36. The van der Waals surface area contributed by atoms with Crippen LogP contribution in [0, 0.1) is 17.3 Å². The maximum Gasteiger partial charge on any atom is 0.308 e. The standard InChI is InChI=1S/C20H24O3/c1-12(21)23-13-5-6-14-15-7-9-20(2)8-3-4-18(20)16(15)11-19(22)17(14)10-13/h5-6,10,15-16,18H,3-4,7-9,11H2,1-2H3/t15?,16?,18?,20-/m0/s1. The van der Waals surface area contributed by atoms with Crippen LogP contribution >= 0.6 is 0 Å². The van der Waals surface area contributed by atoms with Gasteiger partial charge in [0.15, 0.2) is 5.78 Å². The molecule has 0 saturated heterocycles. The van der Waals surface area contributed by atoms with Gasteiger partial charge >= 0.3 is 5.97 Å². The van der Waals surface area contributed by atoms with Crippen molar-refractivity contribution in [3.05, 3.63) is 29.3 Å². The normalized spacial score (nSPS) is 35.2. The molecule has 0 N–H and O–H groups in total. The molecule has 1 aromatic carbocycles. The lowest BCUT2D eigenvalue weighted by Gasteiger charge is -2.48. The van der Waals surface area contributed by atoms with Crippen molar-refractivity contribution in [2.45, 2.75) is 58.3 Å². The molecule has 0 spiro atoms. The van der Waals surface area contributed by atoms with Crippen molar-refractivity contribution in [3.8, 4) is 5.75 Å². The maximum atomic E-state index is 12.7. The highest BCUT2D eigenvalue weighted by atomic mass is 16.5. The van der Waals surface area contributed by atoms with Crippen LogP contribution in [0.15, 0.2) is 18.2 Å². The Bertz CT molecular complexity index is 677. The smallest absolute Gasteiger partial charge is 0.308 e. The second-order valence-electron chi connectivity index (χ2n) is 7.93. The molecule has 2 saturated carbocycles. The fourth-order valence-electron chi connectivity index (χ4n) is 5.61. The Morgan fingerprint density at radius 1 is 1.26 bits per heavy atom. The summed E-state index contributed by atoms with van der Waals surface area (Å²) in [6.45, 7) is 3.82. The zero-order chi connectivity index (χ0) is 16.2. The number of rotatable bonds is 1. The quantitative estimate of drug-likeness (QED) is 0.566. The lowest BCUT2D eigenvalue weighted by atomic mass is 9.55. The Morgan fingerprint density at radius 2 is 2.09 bits per heavy atom. The summed E-state index contributed by atoms with van der Waals surface area (Å²) in [5, 5.41) is 0. The number of ketones is 1. The molecular weight excluding hydrogens is 288 g/mol. The van der Waals surface area contributed by atoms with Crippen molar-refractivity contribution in [1.82, 2.24) is 0 Å². The first-order chi connectivity index (χ1) is 11.0. The Balaban J connectivity index is 1.70. The van der Waals surface area contributed by atoms with Gasteiger partial charge in [0.2, 0.25) is 0 Å². The SMILES string of the molecule is CC(=O)Oc1ccc2c(c1)C(=O)CC1C2CC[C@]2(C)CCCC12. The summed E-state index contributed by atoms with van der Waals surface area (Å²) in [5.41, 5.74) is 2.43. The van der Waals surface area contributed by atoms with Gasteiger partial charge in [0, 0.05) is 18.9 Å². The number of ether oxygens (including phenoxy) is 1. The molecule has 0 amide bonds. The fraction of sp³-hybridized carbons (Fsp3) is 0.600. The van der Waals surface area contributed by atoms with Crippen LogP contribution in [0.3, 0.4) is 0 Å². The average molecular weight is 312 g/mol. The fourth-order valence-corrected chi connectivity index (χ4v) is 5.61. The first-order valence-electron chi connectivity index (χ1n) is 8.83. The van der Waals surface area contributed by atoms with Crippen molar-refractivity contribution >= 4 is 11.8 Å². The van der Waals surface area contributed by atoms with Crippen molar-refractivity contribution < 1.29 is 14.3 Å². The number of carbonyl (C=O) groups excluding carboxylic acids is 2. The van der Waals surface area contributed by atoms with E-state index in [2.05, 4.69) is 6.92 Å². The summed E-state index contributed by atoms with van der Waals surface area (Å²) >= 11 is 0. The molecule has 3 aliphatic carbocycles. The minimum Gasteiger partial charge on any atom is -0.427 e. The van der Waals surface area contributed by atoms with E-state index in [-0.39, 0.29) is 11.8 Å². The molecule has 3 unspecified atom stereocenters. The van der Waals surface area contributed by atoms with Gasteiger partial charge in [-0.3, -0.25) is 9.59 Å². The zero-order valence-corrected chi connectivity index (χ0v) is 13.9. The monoisotopic (exact) mass is 312 g/mol. The van der Waals surface area contributed by atoms with E-state index in [1.54, 1.807) is 6.07 Å². The second-order valence-corrected chi connectivity index (χ2v) is 7.93. The van der Waals surface area contributed by atoms with Crippen LogP contribution in [0.5, 0.6) is 5.75 Å². The molecule has 2 fully saturated rings. The summed E-state index contributed by atoms with van der Waals surface area (Å²) in [6.07, 6.45) is 7.06. The van der Waals surface area contributed by atoms with Gasteiger partial charge in [-0.25, -0.2) is 0 Å². The van der Waals surface area contributed by atoms with Gasteiger partial charge in [-0.15, -0.1) is 0 Å². The molecule has 23 heavy (non-hydrogen) atoms. The molecule has 0 aliphatic heterocycles. The van der Waals surface area contributed by atoms with Crippen molar-refractivity contribution in [3.63, 3.8) is 0 Å². The van der Waals surface area contributed by atoms with Crippen LogP contribution in [0.25, 0.3) is 0 Å². The van der Waals surface area contributed by atoms with E-state index in [1.165, 1.54) is 44.6 Å². The molecule has 3 nitrogen and oxygen atoms in total. The van der Waals surface area contributed by atoms with Gasteiger partial charge in [-0.2, -0.15) is 0 Å². The molecule has 3 aliphatic rings. The van der Waals surface area contributed by atoms with Crippen LogP contribution in [0.1, 0.15) is 74.2 Å². The van der Waals surface area contributed by atoms with Crippen molar-refractivity contribution in [1.29, 1.82) is 0 Å². The zero-order valence-electron chi connectivity index (χ0n) is 13.9. The van der Waals surface area contributed by atoms with Gasteiger partial charge in [-0.05, 0) is 66.5 Å². The van der Waals surface area contributed by atoms with Crippen molar-refractivity contribution in [2.24, 2.45) is 17.3 Å². The number of carbonyl (C=O) groups is 2. The minimum absolute atomic E-state index is 0.228. The third-order valence-corrected chi connectivity index (χ3v) is 6.63. The van der Waals surface area contributed by atoms with E-state index in [1.807, 2.05) is 12.1 Å². The second kappa shape index (κ2) is 5.19. The summed E-state index contributed by atoms with van der Waals surface area (Å²) in [7, 11) is 0. The Hall–Kier alpha value is -1.64. The van der Waals surface area contributed by atoms with E-state index in [4.69, 9.17) is 4.74 Å². The summed E-state index contributed by atoms with van der Waals surface area (Å²) in [6, 6.07) is 5.65. The van der Waals surface area contributed by atoms with E-state index in [0.29, 0.717) is 35.3 Å². The van der Waals surface area contributed by atoms with E-state index in [9.17, 15) is 9.59 Å². The molecule has 122 valence electrons. The molecule has 4 atom stereocenters. The Morgan fingerprint density at radius 3 is 2.87 bits per heavy atom. The van der Waals surface area contributed by atoms with Gasteiger partial charge in [0.05, 0.1) is 0 Å². The number of hydrogen-bond donors (Lipinski definition) is 0. The first-order valence-corrected chi connectivity index (χ1v) is 8.83. The predicted molar refractivity (Wildman–Crippen MR) is 87.6 cm³/mol. The largest absolute Gasteiger partial charge is 0.427 e.